The largest absolute Gasteiger partial charge is 0.497 e. The average molecular weight is 315 g/mol. The molecule has 2 rings (SSSR count). The normalized spacial score (nSPS) is 13.4. The molecule has 1 unspecified atom stereocenters. The van der Waals surface area contributed by atoms with E-state index in [9.17, 15) is 0 Å². The summed E-state index contributed by atoms with van der Waals surface area (Å²) in [7, 11) is 5.06. The highest BCUT2D eigenvalue weighted by atomic mass is 16.5. The third-order valence-electron chi connectivity index (χ3n) is 4.00. The number of hydrogen-bond acceptors (Lipinski definition) is 4. The van der Waals surface area contributed by atoms with Crippen LogP contribution in [0.15, 0.2) is 48.5 Å². The molecule has 2 aromatic carbocycles. The third-order valence-corrected chi connectivity index (χ3v) is 4.00. The van der Waals surface area contributed by atoms with Gasteiger partial charge in [0.05, 0.1) is 26.4 Å². The van der Waals surface area contributed by atoms with Crippen molar-refractivity contribution >= 4 is 0 Å². The van der Waals surface area contributed by atoms with Gasteiger partial charge in [-0.1, -0.05) is 30.3 Å². The van der Waals surface area contributed by atoms with E-state index in [0.717, 1.165) is 17.1 Å². The summed E-state index contributed by atoms with van der Waals surface area (Å²) in [6, 6.07) is 16.1. The highest BCUT2D eigenvalue weighted by molar-refractivity contribution is 5.40. The maximum Gasteiger partial charge on any atom is 0.123 e. The molecule has 0 spiro atoms. The van der Waals surface area contributed by atoms with E-state index < -0.39 is 0 Å². The molecule has 124 valence electrons. The highest BCUT2D eigenvalue weighted by Crippen LogP contribution is 2.26. The zero-order chi connectivity index (χ0) is 16.7. The van der Waals surface area contributed by atoms with Crippen LogP contribution in [0, 0.1) is 0 Å². The number of hydrogen-bond donors (Lipinski definition) is 1. The van der Waals surface area contributed by atoms with Crippen molar-refractivity contribution in [3.05, 3.63) is 59.7 Å². The first-order valence-corrected chi connectivity index (χ1v) is 7.63. The number of methoxy groups -OCH3 is 3. The van der Waals surface area contributed by atoms with Crippen molar-refractivity contribution in [2.45, 2.75) is 19.0 Å². The highest BCUT2D eigenvalue weighted by Gasteiger charge is 2.26. The van der Waals surface area contributed by atoms with E-state index in [-0.39, 0.29) is 5.54 Å². The van der Waals surface area contributed by atoms with Crippen molar-refractivity contribution in [3.63, 3.8) is 0 Å². The molecule has 0 amide bonds. The van der Waals surface area contributed by atoms with Crippen molar-refractivity contribution in [1.82, 2.24) is 5.32 Å². The molecular weight excluding hydrogens is 290 g/mol. The fourth-order valence-electron chi connectivity index (χ4n) is 2.64. The quantitative estimate of drug-likeness (QED) is 0.811. The summed E-state index contributed by atoms with van der Waals surface area (Å²) >= 11 is 0. The van der Waals surface area contributed by atoms with Gasteiger partial charge in [0.25, 0.3) is 0 Å². The first-order chi connectivity index (χ1) is 11.1. The Balaban J connectivity index is 2.22. The minimum atomic E-state index is -0.288. The predicted octanol–water partition coefficient (Wildman–Crippen LogP) is 3.36. The van der Waals surface area contributed by atoms with Gasteiger partial charge < -0.3 is 19.5 Å². The number of ether oxygens (including phenoxy) is 3. The maximum atomic E-state index is 5.45. The Hall–Kier alpha value is -2.04. The van der Waals surface area contributed by atoms with Crippen molar-refractivity contribution in [2.75, 3.05) is 27.9 Å². The smallest absolute Gasteiger partial charge is 0.123 e. The molecule has 0 aromatic heterocycles. The molecule has 0 aliphatic carbocycles. The molecule has 4 heteroatoms. The van der Waals surface area contributed by atoms with Gasteiger partial charge in [0.1, 0.15) is 11.5 Å². The SMILES string of the molecule is COCC(C)(NCc1cc(OC)ccc1OC)c1ccccc1. The number of benzene rings is 2. The standard InChI is InChI=1S/C19H25NO3/c1-19(14-21-2,16-8-6-5-7-9-16)20-13-15-12-17(22-3)10-11-18(15)23-4/h5-12,20H,13-14H2,1-4H3. The number of rotatable bonds is 8. The molecule has 0 radical (unpaired) electrons. The van der Waals surface area contributed by atoms with Crippen molar-refractivity contribution in [1.29, 1.82) is 0 Å². The molecule has 0 bridgehead atoms. The maximum absolute atomic E-state index is 5.45. The molecular formula is C19H25NO3. The zero-order valence-electron chi connectivity index (χ0n) is 14.3. The van der Waals surface area contributed by atoms with Gasteiger partial charge in [-0.2, -0.15) is 0 Å². The first-order valence-electron chi connectivity index (χ1n) is 7.63. The lowest BCUT2D eigenvalue weighted by Crippen LogP contribution is -2.43. The van der Waals surface area contributed by atoms with E-state index in [0.29, 0.717) is 13.2 Å². The second kappa shape index (κ2) is 7.99. The number of nitrogens with one attached hydrogen (secondary N) is 1. The van der Waals surface area contributed by atoms with Gasteiger partial charge in [0.2, 0.25) is 0 Å². The minimum absolute atomic E-state index is 0.288. The van der Waals surface area contributed by atoms with Crippen LogP contribution < -0.4 is 14.8 Å². The van der Waals surface area contributed by atoms with E-state index >= 15 is 0 Å². The Labute approximate surface area is 138 Å². The van der Waals surface area contributed by atoms with E-state index in [4.69, 9.17) is 14.2 Å². The summed E-state index contributed by atoms with van der Waals surface area (Å²) in [5.74, 6) is 1.65. The Morgan fingerprint density at radius 3 is 2.30 bits per heavy atom. The lowest BCUT2D eigenvalue weighted by Gasteiger charge is -2.31. The van der Waals surface area contributed by atoms with Crippen molar-refractivity contribution < 1.29 is 14.2 Å². The summed E-state index contributed by atoms with van der Waals surface area (Å²) in [4.78, 5) is 0. The van der Waals surface area contributed by atoms with Crippen LogP contribution in [0.2, 0.25) is 0 Å². The van der Waals surface area contributed by atoms with E-state index in [2.05, 4.69) is 24.4 Å². The summed E-state index contributed by atoms with van der Waals surface area (Å²) in [5, 5.41) is 3.60. The minimum Gasteiger partial charge on any atom is -0.497 e. The molecule has 1 N–H and O–H groups in total. The summed E-state index contributed by atoms with van der Waals surface area (Å²) in [6.45, 7) is 3.36. The van der Waals surface area contributed by atoms with Crippen LogP contribution in [-0.2, 0) is 16.8 Å². The Morgan fingerprint density at radius 1 is 0.957 bits per heavy atom. The van der Waals surface area contributed by atoms with Crippen molar-refractivity contribution in [2.24, 2.45) is 0 Å². The first kappa shape index (κ1) is 17.3. The zero-order valence-corrected chi connectivity index (χ0v) is 14.3. The van der Waals surface area contributed by atoms with E-state index in [1.807, 2.05) is 36.4 Å². The van der Waals surface area contributed by atoms with Gasteiger partial charge in [0, 0.05) is 19.2 Å². The molecule has 0 aliphatic heterocycles. The molecule has 2 aromatic rings. The van der Waals surface area contributed by atoms with Crippen LogP contribution in [0.5, 0.6) is 11.5 Å². The molecule has 0 aliphatic rings. The molecule has 1 atom stereocenters. The molecule has 4 nitrogen and oxygen atoms in total. The fraction of sp³-hybridized carbons (Fsp3) is 0.368. The summed E-state index contributed by atoms with van der Waals surface area (Å²) in [5.41, 5.74) is 1.94. The van der Waals surface area contributed by atoms with Crippen LogP contribution in [0.4, 0.5) is 0 Å². The van der Waals surface area contributed by atoms with E-state index in [1.54, 1.807) is 21.3 Å². The van der Waals surface area contributed by atoms with Gasteiger partial charge in [-0.15, -0.1) is 0 Å². The monoisotopic (exact) mass is 315 g/mol. The summed E-state index contributed by atoms with van der Waals surface area (Å²) < 4.78 is 16.2. The average Bonchev–Trinajstić information content (AvgIpc) is 2.60. The Bertz CT molecular complexity index is 615. The summed E-state index contributed by atoms with van der Waals surface area (Å²) in [6.07, 6.45) is 0. The van der Waals surface area contributed by atoms with Crippen LogP contribution in [0.25, 0.3) is 0 Å². The molecule has 0 saturated heterocycles. The van der Waals surface area contributed by atoms with Gasteiger partial charge in [-0.25, -0.2) is 0 Å². The van der Waals surface area contributed by atoms with Crippen LogP contribution in [0.1, 0.15) is 18.1 Å². The van der Waals surface area contributed by atoms with Crippen molar-refractivity contribution in [3.8, 4) is 11.5 Å². The van der Waals surface area contributed by atoms with Gasteiger partial charge in [-0.3, -0.25) is 0 Å². The lowest BCUT2D eigenvalue weighted by molar-refractivity contribution is 0.117. The second-order valence-corrected chi connectivity index (χ2v) is 5.66. The van der Waals surface area contributed by atoms with Gasteiger partial charge in [0.15, 0.2) is 0 Å². The van der Waals surface area contributed by atoms with Crippen LogP contribution in [-0.4, -0.2) is 27.9 Å². The van der Waals surface area contributed by atoms with Crippen LogP contribution in [0.3, 0.4) is 0 Å². The second-order valence-electron chi connectivity index (χ2n) is 5.66. The lowest BCUT2D eigenvalue weighted by atomic mass is 9.92. The fourth-order valence-corrected chi connectivity index (χ4v) is 2.64. The van der Waals surface area contributed by atoms with Crippen LogP contribution >= 0.6 is 0 Å². The van der Waals surface area contributed by atoms with Gasteiger partial charge in [-0.05, 0) is 30.7 Å². The Kier molecular flexibility index (Phi) is 6.02. The molecule has 0 fully saturated rings. The molecule has 23 heavy (non-hydrogen) atoms. The molecule has 0 saturated carbocycles. The molecule has 0 heterocycles. The third kappa shape index (κ3) is 4.24. The Morgan fingerprint density at radius 2 is 1.70 bits per heavy atom. The van der Waals surface area contributed by atoms with Gasteiger partial charge >= 0.3 is 0 Å². The van der Waals surface area contributed by atoms with E-state index in [1.165, 1.54) is 5.56 Å². The predicted molar refractivity (Wildman–Crippen MR) is 92.1 cm³/mol. The topological polar surface area (TPSA) is 39.7 Å².